The van der Waals surface area contributed by atoms with Gasteiger partial charge in [0.2, 0.25) is 0 Å². The summed E-state index contributed by atoms with van der Waals surface area (Å²) in [7, 11) is 0. The van der Waals surface area contributed by atoms with Crippen LogP contribution in [0.4, 0.5) is 4.39 Å². The average molecular weight is 262 g/mol. The standard InChI is InChI=1S/C17H23FO/c1-17(2,3)14-7-6-12-8-15(18)16(9-13(12)14)19-10-11-4-5-11/h8-9,11,14H,4-7,10H2,1-3H3/t14-/m1/s1. The Hall–Kier alpha value is -1.05. The van der Waals surface area contributed by atoms with Crippen LogP contribution in [0.15, 0.2) is 12.1 Å². The zero-order chi connectivity index (χ0) is 13.6. The third kappa shape index (κ3) is 2.63. The van der Waals surface area contributed by atoms with Gasteiger partial charge >= 0.3 is 0 Å². The highest BCUT2D eigenvalue weighted by Gasteiger charge is 2.33. The molecule has 1 nitrogen and oxygen atoms in total. The fourth-order valence-electron chi connectivity index (χ4n) is 3.11. The Morgan fingerprint density at radius 1 is 1.21 bits per heavy atom. The van der Waals surface area contributed by atoms with Crippen LogP contribution in [0.25, 0.3) is 0 Å². The maximum Gasteiger partial charge on any atom is 0.165 e. The largest absolute Gasteiger partial charge is 0.490 e. The third-order valence-electron chi connectivity index (χ3n) is 4.49. The topological polar surface area (TPSA) is 9.23 Å². The fraction of sp³-hybridized carbons (Fsp3) is 0.647. The molecule has 1 atom stereocenters. The molecule has 2 heteroatoms. The molecule has 0 heterocycles. The molecule has 3 rings (SSSR count). The molecule has 0 radical (unpaired) electrons. The van der Waals surface area contributed by atoms with Crippen LogP contribution >= 0.6 is 0 Å². The maximum absolute atomic E-state index is 14.0. The van der Waals surface area contributed by atoms with Gasteiger partial charge in [-0.15, -0.1) is 0 Å². The number of ether oxygens (including phenoxy) is 1. The van der Waals surface area contributed by atoms with Crippen LogP contribution in [0.3, 0.4) is 0 Å². The van der Waals surface area contributed by atoms with Gasteiger partial charge in [-0.25, -0.2) is 4.39 Å². The number of halogens is 1. The molecule has 0 aliphatic heterocycles. The number of hydrogen-bond acceptors (Lipinski definition) is 1. The van der Waals surface area contributed by atoms with Crippen LogP contribution in [-0.2, 0) is 6.42 Å². The van der Waals surface area contributed by atoms with E-state index in [0.29, 0.717) is 24.2 Å². The van der Waals surface area contributed by atoms with Crippen molar-refractivity contribution in [3.05, 3.63) is 29.1 Å². The molecule has 2 aliphatic rings. The Kier molecular flexibility index (Phi) is 3.07. The molecule has 0 bridgehead atoms. The minimum atomic E-state index is -0.186. The van der Waals surface area contributed by atoms with Gasteiger partial charge in [-0.1, -0.05) is 20.8 Å². The van der Waals surface area contributed by atoms with Crippen LogP contribution in [0.2, 0.25) is 0 Å². The van der Waals surface area contributed by atoms with E-state index in [1.54, 1.807) is 6.07 Å². The van der Waals surface area contributed by atoms with E-state index in [0.717, 1.165) is 12.8 Å². The van der Waals surface area contributed by atoms with Crippen molar-refractivity contribution < 1.29 is 9.13 Å². The van der Waals surface area contributed by atoms with Crippen LogP contribution in [0.5, 0.6) is 5.75 Å². The second-order valence-electron chi connectivity index (χ2n) is 7.19. The molecule has 1 aromatic carbocycles. The van der Waals surface area contributed by atoms with E-state index >= 15 is 0 Å². The lowest BCUT2D eigenvalue weighted by atomic mass is 9.77. The molecule has 1 fully saturated rings. The molecular formula is C17H23FO. The third-order valence-corrected chi connectivity index (χ3v) is 4.49. The van der Waals surface area contributed by atoms with Crippen LogP contribution in [0, 0.1) is 17.2 Å². The summed E-state index contributed by atoms with van der Waals surface area (Å²) in [5.41, 5.74) is 2.72. The van der Waals surface area contributed by atoms with Crippen LogP contribution < -0.4 is 4.74 Å². The fourth-order valence-corrected chi connectivity index (χ4v) is 3.11. The van der Waals surface area contributed by atoms with Crippen molar-refractivity contribution in [2.24, 2.45) is 11.3 Å². The van der Waals surface area contributed by atoms with Gasteiger partial charge in [0.15, 0.2) is 11.6 Å². The van der Waals surface area contributed by atoms with Gasteiger partial charge in [0.05, 0.1) is 6.61 Å². The first-order valence-corrected chi connectivity index (χ1v) is 7.40. The first kappa shape index (κ1) is 13.0. The lowest BCUT2D eigenvalue weighted by Crippen LogP contribution is -2.16. The van der Waals surface area contributed by atoms with Gasteiger partial charge < -0.3 is 4.74 Å². The molecule has 19 heavy (non-hydrogen) atoms. The summed E-state index contributed by atoms with van der Waals surface area (Å²) in [4.78, 5) is 0. The molecule has 1 aromatic rings. The molecule has 0 spiro atoms. The van der Waals surface area contributed by atoms with E-state index in [-0.39, 0.29) is 11.2 Å². The number of hydrogen-bond donors (Lipinski definition) is 0. The lowest BCUT2D eigenvalue weighted by Gasteiger charge is -2.28. The van der Waals surface area contributed by atoms with E-state index in [1.807, 2.05) is 6.07 Å². The highest BCUT2D eigenvalue weighted by atomic mass is 19.1. The predicted octanol–water partition coefficient (Wildman–Crippen LogP) is 4.69. The summed E-state index contributed by atoms with van der Waals surface area (Å²) in [6.45, 7) is 7.47. The summed E-state index contributed by atoms with van der Waals surface area (Å²) in [5.74, 6) is 1.45. The quantitative estimate of drug-likeness (QED) is 0.767. The molecule has 0 unspecified atom stereocenters. The van der Waals surface area contributed by atoms with Gasteiger partial charge in [0.1, 0.15) is 0 Å². The highest BCUT2D eigenvalue weighted by Crippen LogP contribution is 2.46. The minimum absolute atomic E-state index is 0.186. The van der Waals surface area contributed by atoms with Gasteiger partial charge in [0.25, 0.3) is 0 Å². The minimum Gasteiger partial charge on any atom is -0.490 e. The van der Waals surface area contributed by atoms with Gasteiger partial charge in [-0.3, -0.25) is 0 Å². The second kappa shape index (κ2) is 4.50. The monoisotopic (exact) mass is 262 g/mol. The number of aryl methyl sites for hydroxylation is 1. The zero-order valence-corrected chi connectivity index (χ0v) is 12.1. The first-order chi connectivity index (χ1) is 8.95. The van der Waals surface area contributed by atoms with E-state index in [9.17, 15) is 4.39 Å². The van der Waals surface area contributed by atoms with E-state index in [1.165, 1.54) is 24.0 Å². The van der Waals surface area contributed by atoms with Crippen molar-refractivity contribution in [3.63, 3.8) is 0 Å². The molecule has 0 aromatic heterocycles. The first-order valence-electron chi connectivity index (χ1n) is 7.40. The van der Waals surface area contributed by atoms with Crippen LogP contribution in [-0.4, -0.2) is 6.61 Å². The van der Waals surface area contributed by atoms with Crippen molar-refractivity contribution in [2.75, 3.05) is 6.61 Å². The van der Waals surface area contributed by atoms with E-state index in [2.05, 4.69) is 20.8 Å². The highest BCUT2D eigenvalue weighted by molar-refractivity contribution is 5.43. The predicted molar refractivity (Wildman–Crippen MR) is 75.1 cm³/mol. The van der Waals surface area contributed by atoms with Crippen molar-refractivity contribution in [2.45, 2.75) is 52.4 Å². The molecular weight excluding hydrogens is 239 g/mol. The average Bonchev–Trinajstić information content (AvgIpc) is 3.04. The summed E-state index contributed by atoms with van der Waals surface area (Å²) in [6.07, 6.45) is 4.59. The van der Waals surface area contributed by atoms with Crippen molar-refractivity contribution >= 4 is 0 Å². The summed E-state index contributed by atoms with van der Waals surface area (Å²) in [6, 6.07) is 3.67. The second-order valence-corrected chi connectivity index (χ2v) is 7.19. The summed E-state index contributed by atoms with van der Waals surface area (Å²) in [5, 5.41) is 0. The van der Waals surface area contributed by atoms with Gasteiger partial charge in [-0.05, 0) is 66.2 Å². The smallest absolute Gasteiger partial charge is 0.165 e. The van der Waals surface area contributed by atoms with Crippen molar-refractivity contribution in [1.29, 1.82) is 0 Å². The van der Waals surface area contributed by atoms with Gasteiger partial charge in [-0.2, -0.15) is 0 Å². The number of fused-ring (bicyclic) bond motifs is 1. The Morgan fingerprint density at radius 3 is 2.58 bits per heavy atom. The molecule has 0 amide bonds. The molecule has 2 aliphatic carbocycles. The van der Waals surface area contributed by atoms with Crippen LogP contribution in [0.1, 0.15) is 57.1 Å². The Labute approximate surface area is 115 Å². The summed E-state index contributed by atoms with van der Waals surface area (Å²) >= 11 is 0. The van der Waals surface area contributed by atoms with Crippen molar-refractivity contribution in [3.8, 4) is 5.75 Å². The Morgan fingerprint density at radius 2 is 1.95 bits per heavy atom. The summed E-state index contributed by atoms with van der Waals surface area (Å²) < 4.78 is 19.7. The zero-order valence-electron chi connectivity index (χ0n) is 12.1. The molecule has 104 valence electrons. The molecule has 0 saturated heterocycles. The molecule has 1 saturated carbocycles. The Balaban J connectivity index is 1.86. The Bertz CT molecular complexity index is 483. The maximum atomic E-state index is 14.0. The van der Waals surface area contributed by atoms with E-state index < -0.39 is 0 Å². The molecule has 0 N–H and O–H groups in total. The lowest BCUT2D eigenvalue weighted by molar-refractivity contribution is 0.283. The SMILES string of the molecule is CC(C)(C)[C@@H]1CCc2cc(F)c(OCC3CC3)cc21. The van der Waals surface area contributed by atoms with Gasteiger partial charge in [0, 0.05) is 0 Å². The van der Waals surface area contributed by atoms with E-state index in [4.69, 9.17) is 4.74 Å². The number of benzene rings is 1. The van der Waals surface area contributed by atoms with Crippen molar-refractivity contribution in [1.82, 2.24) is 0 Å². The number of rotatable bonds is 3. The normalized spacial score (nSPS) is 22.4.